The Labute approximate surface area is 517 Å². The molecule has 0 heterocycles. The van der Waals surface area contributed by atoms with Gasteiger partial charge in [-0.05, 0) is 116 Å². The second kappa shape index (κ2) is 63.6. The molecule has 0 saturated carbocycles. The average Bonchev–Trinajstić information content (AvgIpc) is 3.61. The molecule has 0 aromatic heterocycles. The highest BCUT2D eigenvalue weighted by molar-refractivity contribution is 7.47. The second-order valence-corrected chi connectivity index (χ2v) is 24.9. The van der Waals surface area contributed by atoms with Crippen molar-refractivity contribution in [1.82, 2.24) is 0 Å². The fraction of sp³-hybridized carbons (Fsp3) is 0.676. The summed E-state index contributed by atoms with van der Waals surface area (Å²) in [7, 11) is 1.46. The number of hydrogen-bond acceptors (Lipinski definition) is 7. The molecule has 0 radical (unpaired) electrons. The third-order valence-corrected chi connectivity index (χ3v) is 15.1. The molecule has 0 rings (SSSR count). The van der Waals surface area contributed by atoms with E-state index in [4.69, 9.17) is 18.5 Å². The maximum Gasteiger partial charge on any atom is 0.472 e. The zero-order valence-corrected chi connectivity index (χ0v) is 55.5. The van der Waals surface area contributed by atoms with E-state index in [1.54, 1.807) is 0 Å². The molecule has 0 amide bonds. The maximum atomic E-state index is 12.9. The second-order valence-electron chi connectivity index (χ2n) is 23.5. The number of nitrogens with zero attached hydrogens (tertiary/aromatic N) is 1. The van der Waals surface area contributed by atoms with Gasteiger partial charge in [0.15, 0.2) is 6.10 Å². The number of quaternary nitrogens is 1. The number of esters is 2. The van der Waals surface area contributed by atoms with Gasteiger partial charge in [-0.2, -0.15) is 0 Å². The average molecular weight is 1190 g/mol. The number of likely N-dealkylation sites (N-methyl/N-ethyl adjacent to an activating group) is 1. The molecule has 480 valence electrons. The van der Waals surface area contributed by atoms with Crippen molar-refractivity contribution in [2.75, 3.05) is 47.5 Å². The summed E-state index contributed by atoms with van der Waals surface area (Å²) in [4.78, 5) is 35.8. The molecule has 0 aliphatic carbocycles. The highest BCUT2D eigenvalue weighted by atomic mass is 31.2. The van der Waals surface area contributed by atoms with Gasteiger partial charge in [-0.15, -0.1) is 0 Å². The number of ether oxygens (including phenoxy) is 2. The largest absolute Gasteiger partial charge is 0.472 e. The molecule has 2 atom stereocenters. The van der Waals surface area contributed by atoms with E-state index in [1.165, 1.54) is 128 Å². The molecule has 0 saturated heterocycles. The van der Waals surface area contributed by atoms with Crippen molar-refractivity contribution < 1.29 is 42.1 Å². The van der Waals surface area contributed by atoms with E-state index in [1.807, 2.05) is 21.1 Å². The number of hydrogen-bond donors (Lipinski definition) is 1. The van der Waals surface area contributed by atoms with Crippen LogP contribution in [0.15, 0.2) is 134 Å². The number of phosphoric acid groups is 1. The van der Waals surface area contributed by atoms with Crippen molar-refractivity contribution in [2.24, 2.45) is 0 Å². The van der Waals surface area contributed by atoms with Crippen LogP contribution in [0.2, 0.25) is 0 Å². The highest BCUT2D eigenvalue weighted by Gasteiger charge is 2.27. The Bertz CT molecular complexity index is 1880. The summed E-state index contributed by atoms with van der Waals surface area (Å²) >= 11 is 0. The van der Waals surface area contributed by atoms with Crippen LogP contribution in [0, 0.1) is 0 Å². The van der Waals surface area contributed by atoms with Crippen LogP contribution in [-0.2, 0) is 32.7 Å². The predicted octanol–water partition coefficient (Wildman–Crippen LogP) is 22.0. The molecule has 84 heavy (non-hydrogen) atoms. The number of phosphoric ester groups is 1. The summed E-state index contributed by atoms with van der Waals surface area (Å²) < 4.78 is 34.7. The molecule has 0 aliphatic rings. The summed E-state index contributed by atoms with van der Waals surface area (Å²) in [6.07, 6.45) is 92.5. The molecule has 0 spiro atoms. The minimum atomic E-state index is -4.40. The molecule has 0 aliphatic heterocycles. The van der Waals surface area contributed by atoms with Crippen molar-refractivity contribution in [3.05, 3.63) is 134 Å². The zero-order chi connectivity index (χ0) is 61.2. The van der Waals surface area contributed by atoms with Crippen LogP contribution in [-0.4, -0.2) is 74.9 Å². The maximum absolute atomic E-state index is 12.9. The molecular weight excluding hydrogens is 1060 g/mol. The van der Waals surface area contributed by atoms with Gasteiger partial charge < -0.3 is 18.9 Å². The summed E-state index contributed by atoms with van der Waals surface area (Å²) in [6.45, 7) is 4.30. The summed E-state index contributed by atoms with van der Waals surface area (Å²) in [5.74, 6) is -0.814. The summed E-state index contributed by atoms with van der Waals surface area (Å²) in [5.41, 5.74) is 0. The topological polar surface area (TPSA) is 108 Å². The minimum Gasteiger partial charge on any atom is -0.462 e. The Morgan fingerprint density at radius 2 is 0.679 bits per heavy atom. The Morgan fingerprint density at radius 1 is 0.381 bits per heavy atom. The molecular formula is C74H127NO8P+. The lowest BCUT2D eigenvalue weighted by atomic mass is 10.0. The molecule has 10 heteroatoms. The molecule has 1 N–H and O–H groups in total. The Kier molecular flexibility index (Phi) is 60.7. The van der Waals surface area contributed by atoms with E-state index in [0.29, 0.717) is 17.4 Å². The number of allylic oxidation sites excluding steroid dienone is 22. The fourth-order valence-electron chi connectivity index (χ4n) is 8.98. The Balaban J connectivity index is 4.15. The lowest BCUT2D eigenvalue weighted by molar-refractivity contribution is -0.870. The van der Waals surface area contributed by atoms with Gasteiger partial charge in [0.2, 0.25) is 0 Å². The zero-order valence-electron chi connectivity index (χ0n) is 54.6. The van der Waals surface area contributed by atoms with Crippen molar-refractivity contribution in [2.45, 2.75) is 277 Å². The molecule has 0 bridgehead atoms. The predicted molar refractivity (Wildman–Crippen MR) is 362 cm³/mol. The van der Waals surface area contributed by atoms with Crippen LogP contribution in [0.25, 0.3) is 0 Å². The molecule has 9 nitrogen and oxygen atoms in total. The van der Waals surface area contributed by atoms with E-state index in [2.05, 4.69) is 148 Å². The van der Waals surface area contributed by atoms with Gasteiger partial charge in [0.25, 0.3) is 0 Å². The molecule has 0 fully saturated rings. The van der Waals surface area contributed by atoms with E-state index >= 15 is 0 Å². The first-order chi connectivity index (χ1) is 41.0. The van der Waals surface area contributed by atoms with Crippen LogP contribution >= 0.6 is 7.82 Å². The molecule has 0 aromatic rings. The van der Waals surface area contributed by atoms with E-state index in [9.17, 15) is 19.0 Å². The van der Waals surface area contributed by atoms with Crippen LogP contribution in [0.1, 0.15) is 271 Å². The third kappa shape index (κ3) is 67.3. The highest BCUT2D eigenvalue weighted by Crippen LogP contribution is 2.43. The molecule has 0 aromatic carbocycles. The number of carbonyl (C=O) groups excluding carboxylic acids is 2. The minimum absolute atomic E-state index is 0.0230. The number of unbranched alkanes of at least 4 members (excludes halogenated alkanes) is 25. The SMILES string of the molecule is CC/C=C\C/C=C\C/C=C\C/C=C\C/C=C\C/C=C\C/C=C\C/C=C\C/C=C\CCCCCCCCCC(=O)OC(COC(=O)CCCCCCCCCCCCCCC/C=C\C/C=C\CCCCCCC)COP(=O)(O)OCC[N+](C)(C)C. The van der Waals surface area contributed by atoms with E-state index in [0.717, 1.165) is 109 Å². The van der Waals surface area contributed by atoms with Crippen molar-refractivity contribution in [1.29, 1.82) is 0 Å². The first kappa shape index (κ1) is 80.2. The van der Waals surface area contributed by atoms with Gasteiger partial charge in [-0.3, -0.25) is 18.6 Å². The van der Waals surface area contributed by atoms with Crippen molar-refractivity contribution in [3.8, 4) is 0 Å². The van der Waals surface area contributed by atoms with Gasteiger partial charge in [0, 0.05) is 12.8 Å². The number of carbonyl (C=O) groups is 2. The quantitative estimate of drug-likeness (QED) is 0.0211. The monoisotopic (exact) mass is 1190 g/mol. The lowest BCUT2D eigenvalue weighted by Crippen LogP contribution is -2.37. The smallest absolute Gasteiger partial charge is 0.462 e. The number of rotatable bonds is 61. The molecule has 2 unspecified atom stereocenters. The van der Waals surface area contributed by atoms with E-state index in [-0.39, 0.29) is 32.0 Å². The van der Waals surface area contributed by atoms with Gasteiger partial charge in [0.05, 0.1) is 27.7 Å². The van der Waals surface area contributed by atoms with Gasteiger partial charge >= 0.3 is 19.8 Å². The third-order valence-electron chi connectivity index (χ3n) is 14.2. The lowest BCUT2D eigenvalue weighted by Gasteiger charge is -2.24. The summed E-state index contributed by atoms with van der Waals surface area (Å²) in [5, 5.41) is 0. The standard InChI is InChI=1S/C74H126NO8P/c1-6-8-10-12-14-16-18-20-22-24-26-28-30-32-33-34-35-36-37-38-39-40-41-43-45-47-49-51-53-55-57-59-61-63-65-67-74(77)83-72(71-82-84(78,79)81-69-68-75(3,4)5)70-80-73(76)66-64-62-60-58-56-54-52-50-48-46-44-42-31-29-27-25-23-21-19-17-15-13-11-9-7-2/h8,10,14,16,19-22,25-28,32-33,35-36,38-39,41,43,47,49,72H,6-7,9,11-13,15,17-18,23-24,29-31,34,37,40,42,44-46,48,50-71H2,1-5H3/p+1/b10-8-,16-14-,21-19-,22-20-,27-25-,28-26-,33-32-,36-35-,39-38-,43-41-,49-47-. The Morgan fingerprint density at radius 3 is 1.01 bits per heavy atom. The van der Waals surface area contributed by atoms with Crippen LogP contribution in [0.3, 0.4) is 0 Å². The van der Waals surface area contributed by atoms with Gasteiger partial charge in [-0.25, -0.2) is 4.57 Å². The van der Waals surface area contributed by atoms with Gasteiger partial charge in [-0.1, -0.05) is 276 Å². The Hall–Kier alpha value is -3.85. The van der Waals surface area contributed by atoms with Crippen molar-refractivity contribution in [3.63, 3.8) is 0 Å². The van der Waals surface area contributed by atoms with Crippen LogP contribution in [0.5, 0.6) is 0 Å². The normalized spacial score (nSPS) is 14.0. The summed E-state index contributed by atoms with van der Waals surface area (Å²) in [6, 6.07) is 0. The first-order valence-corrected chi connectivity index (χ1v) is 35.4. The van der Waals surface area contributed by atoms with Crippen LogP contribution < -0.4 is 0 Å². The van der Waals surface area contributed by atoms with E-state index < -0.39 is 26.5 Å². The first-order valence-electron chi connectivity index (χ1n) is 33.9. The van der Waals surface area contributed by atoms with Crippen molar-refractivity contribution >= 4 is 19.8 Å². The van der Waals surface area contributed by atoms with Crippen LogP contribution in [0.4, 0.5) is 0 Å². The fourth-order valence-corrected chi connectivity index (χ4v) is 9.72. The van der Waals surface area contributed by atoms with Gasteiger partial charge in [0.1, 0.15) is 19.8 Å².